The summed E-state index contributed by atoms with van der Waals surface area (Å²) < 4.78 is 0. The van der Waals surface area contributed by atoms with Crippen LogP contribution in [0.1, 0.15) is 19.4 Å². The van der Waals surface area contributed by atoms with Gasteiger partial charge in [0.25, 0.3) is 0 Å². The Labute approximate surface area is 72.9 Å². The van der Waals surface area contributed by atoms with E-state index in [0.717, 1.165) is 11.3 Å². The van der Waals surface area contributed by atoms with Gasteiger partial charge in [0.05, 0.1) is 5.71 Å². The van der Waals surface area contributed by atoms with Crippen molar-refractivity contribution in [3.8, 4) is 0 Å². The van der Waals surface area contributed by atoms with Crippen LogP contribution in [0.25, 0.3) is 0 Å². The molecular weight excluding hydrogens is 150 g/mol. The van der Waals surface area contributed by atoms with Gasteiger partial charge in [-0.25, -0.2) is 0 Å². The zero-order valence-corrected chi connectivity index (χ0v) is 7.45. The van der Waals surface area contributed by atoms with Gasteiger partial charge >= 0.3 is 0 Å². The van der Waals surface area contributed by atoms with Gasteiger partial charge in [-0.1, -0.05) is 35.5 Å². The molecule has 0 aromatic heterocycles. The third-order valence-corrected chi connectivity index (χ3v) is 1.52. The molecule has 0 fully saturated rings. The van der Waals surface area contributed by atoms with Gasteiger partial charge in [0.2, 0.25) is 0 Å². The molecule has 0 saturated heterocycles. The topological polar surface area (TPSA) is 21.6 Å². The lowest BCUT2D eigenvalue weighted by molar-refractivity contribution is 0.159. The molecule has 0 aliphatic rings. The fourth-order valence-electron chi connectivity index (χ4n) is 0.893. The molecule has 0 N–H and O–H groups in total. The van der Waals surface area contributed by atoms with Gasteiger partial charge in [-0.2, -0.15) is 0 Å². The number of rotatable bonds is 3. The van der Waals surface area contributed by atoms with Gasteiger partial charge in [-0.05, 0) is 19.4 Å². The lowest BCUT2D eigenvalue weighted by Gasteiger charge is -1.98. The number of nitrogens with zero attached hydrogens (tertiary/aromatic N) is 1. The van der Waals surface area contributed by atoms with Gasteiger partial charge in [0, 0.05) is 0 Å². The summed E-state index contributed by atoms with van der Waals surface area (Å²) in [5.41, 5.74) is 2.02. The maximum Gasteiger partial charge on any atom is 0.114 e. The van der Waals surface area contributed by atoms with Crippen molar-refractivity contribution in [1.29, 1.82) is 0 Å². The minimum Gasteiger partial charge on any atom is -0.396 e. The van der Waals surface area contributed by atoms with Crippen LogP contribution in [0.4, 0.5) is 0 Å². The number of hydrogen-bond acceptors (Lipinski definition) is 2. The molecule has 0 bridgehead atoms. The van der Waals surface area contributed by atoms with Crippen molar-refractivity contribution in [1.82, 2.24) is 0 Å². The van der Waals surface area contributed by atoms with Gasteiger partial charge < -0.3 is 4.84 Å². The van der Waals surface area contributed by atoms with Crippen LogP contribution in [-0.4, -0.2) is 12.3 Å². The highest BCUT2D eigenvalue weighted by atomic mass is 16.6. The van der Waals surface area contributed by atoms with Crippen LogP contribution < -0.4 is 0 Å². The monoisotopic (exact) mass is 163 g/mol. The van der Waals surface area contributed by atoms with E-state index in [1.807, 2.05) is 44.2 Å². The van der Waals surface area contributed by atoms with Crippen molar-refractivity contribution in [2.24, 2.45) is 5.16 Å². The fraction of sp³-hybridized carbons (Fsp3) is 0.300. The summed E-state index contributed by atoms with van der Waals surface area (Å²) in [4.78, 5) is 4.94. The molecule has 1 rings (SSSR count). The normalized spacial score (nSPS) is 11.3. The lowest BCUT2D eigenvalue weighted by atomic mass is 10.1. The van der Waals surface area contributed by atoms with Crippen LogP contribution in [0.3, 0.4) is 0 Å². The largest absolute Gasteiger partial charge is 0.396 e. The van der Waals surface area contributed by atoms with Gasteiger partial charge in [0.15, 0.2) is 0 Å². The Kier molecular flexibility index (Phi) is 3.33. The summed E-state index contributed by atoms with van der Waals surface area (Å²) in [5, 5.41) is 3.93. The molecule has 12 heavy (non-hydrogen) atoms. The first-order valence-electron chi connectivity index (χ1n) is 4.06. The summed E-state index contributed by atoms with van der Waals surface area (Å²) in [6.07, 6.45) is 0. The van der Waals surface area contributed by atoms with Gasteiger partial charge in [0.1, 0.15) is 6.61 Å². The van der Waals surface area contributed by atoms with Crippen LogP contribution in [-0.2, 0) is 4.84 Å². The first-order chi connectivity index (χ1) is 5.84. The number of hydrogen-bond donors (Lipinski definition) is 0. The first kappa shape index (κ1) is 8.78. The lowest BCUT2D eigenvalue weighted by Crippen LogP contribution is -1.95. The second kappa shape index (κ2) is 4.54. The van der Waals surface area contributed by atoms with E-state index in [1.54, 1.807) is 0 Å². The summed E-state index contributed by atoms with van der Waals surface area (Å²) >= 11 is 0. The zero-order valence-electron chi connectivity index (χ0n) is 7.45. The van der Waals surface area contributed by atoms with Crippen molar-refractivity contribution in [2.75, 3.05) is 6.61 Å². The predicted molar refractivity (Wildman–Crippen MR) is 50.3 cm³/mol. The minimum atomic E-state index is 0.615. The van der Waals surface area contributed by atoms with E-state index in [4.69, 9.17) is 4.84 Å². The van der Waals surface area contributed by atoms with Crippen LogP contribution in [0.5, 0.6) is 0 Å². The van der Waals surface area contributed by atoms with Crippen molar-refractivity contribution in [3.63, 3.8) is 0 Å². The Morgan fingerprint density at radius 2 is 2.00 bits per heavy atom. The smallest absolute Gasteiger partial charge is 0.114 e. The molecular formula is C10H13NO. The summed E-state index contributed by atoms with van der Waals surface area (Å²) in [6.45, 7) is 4.47. The third kappa shape index (κ3) is 2.38. The average molecular weight is 163 g/mol. The van der Waals surface area contributed by atoms with E-state index < -0.39 is 0 Å². The van der Waals surface area contributed by atoms with Crippen molar-refractivity contribution < 1.29 is 4.84 Å². The SMILES string of the molecule is CCO/N=C(\C)c1ccccc1. The predicted octanol–water partition coefficient (Wildman–Crippen LogP) is 2.45. The van der Waals surface area contributed by atoms with Crippen LogP contribution in [0.15, 0.2) is 35.5 Å². The quantitative estimate of drug-likeness (QED) is 0.495. The Bertz CT molecular complexity index is 254. The van der Waals surface area contributed by atoms with Crippen LogP contribution in [0, 0.1) is 0 Å². The van der Waals surface area contributed by atoms with Gasteiger partial charge in [-0.3, -0.25) is 0 Å². The molecule has 0 amide bonds. The number of benzene rings is 1. The molecule has 0 unspecified atom stereocenters. The van der Waals surface area contributed by atoms with Crippen molar-refractivity contribution in [3.05, 3.63) is 35.9 Å². The molecule has 2 heteroatoms. The molecule has 0 aliphatic heterocycles. The fourth-order valence-corrected chi connectivity index (χ4v) is 0.893. The minimum absolute atomic E-state index is 0.615. The molecule has 2 nitrogen and oxygen atoms in total. The van der Waals surface area contributed by atoms with Crippen molar-refractivity contribution in [2.45, 2.75) is 13.8 Å². The molecule has 0 saturated carbocycles. The van der Waals surface area contributed by atoms with E-state index in [2.05, 4.69) is 5.16 Å². The molecule has 0 spiro atoms. The molecule has 64 valence electrons. The van der Waals surface area contributed by atoms with E-state index >= 15 is 0 Å². The molecule has 1 aromatic rings. The van der Waals surface area contributed by atoms with E-state index in [0.29, 0.717) is 6.61 Å². The van der Waals surface area contributed by atoms with E-state index in [1.165, 1.54) is 0 Å². The Morgan fingerprint density at radius 3 is 2.58 bits per heavy atom. The highest BCUT2D eigenvalue weighted by molar-refractivity contribution is 5.98. The molecule has 0 aliphatic carbocycles. The maximum absolute atomic E-state index is 4.94. The molecule has 0 heterocycles. The summed E-state index contributed by atoms with van der Waals surface area (Å²) in [6, 6.07) is 9.98. The highest BCUT2D eigenvalue weighted by Crippen LogP contribution is 2.00. The molecule has 1 aromatic carbocycles. The maximum atomic E-state index is 4.94. The molecule has 0 atom stereocenters. The Hall–Kier alpha value is -1.31. The van der Waals surface area contributed by atoms with Gasteiger partial charge in [-0.15, -0.1) is 0 Å². The van der Waals surface area contributed by atoms with Crippen molar-refractivity contribution >= 4 is 5.71 Å². The van der Waals surface area contributed by atoms with E-state index in [9.17, 15) is 0 Å². The second-order valence-electron chi connectivity index (χ2n) is 2.46. The van der Waals surface area contributed by atoms with Crippen LogP contribution >= 0.6 is 0 Å². The standard InChI is InChI=1S/C10H13NO/c1-3-12-11-9(2)10-7-5-4-6-8-10/h4-8H,3H2,1-2H3/b11-9+. The highest BCUT2D eigenvalue weighted by Gasteiger charge is 1.94. The second-order valence-corrected chi connectivity index (χ2v) is 2.46. The average Bonchev–Trinajstić information content (AvgIpc) is 2.15. The van der Waals surface area contributed by atoms with E-state index in [-0.39, 0.29) is 0 Å². The summed E-state index contributed by atoms with van der Waals surface area (Å²) in [7, 11) is 0. The molecule has 0 radical (unpaired) electrons. The first-order valence-corrected chi connectivity index (χ1v) is 4.06. The Balaban J connectivity index is 2.71. The number of oxime groups is 1. The third-order valence-electron chi connectivity index (χ3n) is 1.52. The van der Waals surface area contributed by atoms with Crippen LogP contribution in [0.2, 0.25) is 0 Å². The zero-order chi connectivity index (χ0) is 8.81. The Morgan fingerprint density at radius 1 is 1.33 bits per heavy atom. The summed E-state index contributed by atoms with van der Waals surface area (Å²) in [5.74, 6) is 0.